The van der Waals surface area contributed by atoms with Crippen molar-refractivity contribution in [3.05, 3.63) is 28.5 Å². The Morgan fingerprint density at radius 1 is 1.50 bits per heavy atom. The van der Waals surface area contributed by atoms with E-state index in [1.54, 1.807) is 11.3 Å². The minimum absolute atomic E-state index is 0.661. The molecule has 0 atom stereocenters. The quantitative estimate of drug-likeness (QED) is 0.883. The number of hydrogen-bond acceptors (Lipinski definition) is 4. The highest BCUT2D eigenvalue weighted by Gasteiger charge is 2.10. The van der Waals surface area contributed by atoms with E-state index in [1.807, 2.05) is 24.0 Å². The molecule has 0 fully saturated rings. The van der Waals surface area contributed by atoms with Crippen LogP contribution in [-0.4, -0.2) is 14.8 Å². The Morgan fingerprint density at radius 2 is 2.31 bits per heavy atom. The molecule has 16 heavy (non-hydrogen) atoms. The van der Waals surface area contributed by atoms with Crippen LogP contribution in [0.2, 0.25) is 0 Å². The molecule has 0 aromatic carbocycles. The standard InChI is InChI=1S/C11H16N4S/c1-3-4-9-10(16-11(12)13-9)7-8-5-6-15(2)14-8/h5-6H,3-4,7H2,1-2H3,(H2,12,13). The summed E-state index contributed by atoms with van der Waals surface area (Å²) >= 11 is 1.58. The van der Waals surface area contributed by atoms with E-state index in [0.717, 1.165) is 30.7 Å². The lowest BCUT2D eigenvalue weighted by atomic mass is 10.2. The molecular weight excluding hydrogens is 220 g/mol. The zero-order valence-corrected chi connectivity index (χ0v) is 10.4. The molecule has 0 unspecified atom stereocenters. The van der Waals surface area contributed by atoms with Gasteiger partial charge in [-0.2, -0.15) is 5.10 Å². The summed E-state index contributed by atoms with van der Waals surface area (Å²) in [6.45, 7) is 2.15. The fraction of sp³-hybridized carbons (Fsp3) is 0.455. The maximum absolute atomic E-state index is 5.75. The molecule has 2 aromatic heterocycles. The van der Waals surface area contributed by atoms with Crippen LogP contribution in [0, 0.1) is 0 Å². The second-order valence-electron chi connectivity index (χ2n) is 3.83. The number of nitrogen functional groups attached to an aromatic ring is 1. The minimum Gasteiger partial charge on any atom is -0.375 e. The molecular formula is C11H16N4S. The van der Waals surface area contributed by atoms with Gasteiger partial charge in [0.1, 0.15) is 0 Å². The average molecular weight is 236 g/mol. The molecule has 0 aliphatic carbocycles. The van der Waals surface area contributed by atoms with Gasteiger partial charge < -0.3 is 5.73 Å². The normalized spacial score (nSPS) is 10.9. The van der Waals surface area contributed by atoms with Crippen molar-refractivity contribution < 1.29 is 0 Å². The number of hydrogen-bond donors (Lipinski definition) is 1. The van der Waals surface area contributed by atoms with E-state index >= 15 is 0 Å². The summed E-state index contributed by atoms with van der Waals surface area (Å²) in [7, 11) is 1.93. The number of nitrogens with two attached hydrogens (primary N) is 1. The Hall–Kier alpha value is -1.36. The van der Waals surface area contributed by atoms with E-state index < -0.39 is 0 Å². The van der Waals surface area contributed by atoms with E-state index in [0.29, 0.717) is 5.13 Å². The van der Waals surface area contributed by atoms with Gasteiger partial charge in [-0.25, -0.2) is 4.98 Å². The summed E-state index contributed by atoms with van der Waals surface area (Å²) in [5.41, 5.74) is 7.96. The molecule has 86 valence electrons. The molecule has 4 nitrogen and oxygen atoms in total. The molecule has 2 heterocycles. The second kappa shape index (κ2) is 4.65. The van der Waals surface area contributed by atoms with Crippen molar-refractivity contribution in [2.24, 2.45) is 7.05 Å². The lowest BCUT2D eigenvalue weighted by Gasteiger charge is -1.97. The van der Waals surface area contributed by atoms with Gasteiger partial charge in [0, 0.05) is 24.5 Å². The average Bonchev–Trinajstić information content (AvgIpc) is 2.76. The fourth-order valence-corrected chi connectivity index (χ4v) is 2.59. The molecule has 0 aliphatic heterocycles. The number of thiazole rings is 1. The summed E-state index contributed by atoms with van der Waals surface area (Å²) in [5.74, 6) is 0. The topological polar surface area (TPSA) is 56.7 Å². The van der Waals surface area contributed by atoms with Gasteiger partial charge >= 0.3 is 0 Å². The van der Waals surface area contributed by atoms with Gasteiger partial charge in [0.25, 0.3) is 0 Å². The predicted octanol–water partition coefficient (Wildman–Crippen LogP) is 2.00. The van der Waals surface area contributed by atoms with Crippen LogP contribution in [-0.2, 0) is 19.9 Å². The van der Waals surface area contributed by atoms with Gasteiger partial charge in [-0.1, -0.05) is 13.3 Å². The maximum atomic E-state index is 5.75. The van der Waals surface area contributed by atoms with Crippen molar-refractivity contribution in [2.45, 2.75) is 26.2 Å². The van der Waals surface area contributed by atoms with Crippen LogP contribution < -0.4 is 5.73 Å². The van der Waals surface area contributed by atoms with Gasteiger partial charge in [-0.15, -0.1) is 11.3 Å². The summed E-state index contributed by atoms with van der Waals surface area (Å²) in [6, 6.07) is 2.03. The molecule has 0 saturated heterocycles. The Labute approximate surface area is 99.1 Å². The second-order valence-corrected chi connectivity index (χ2v) is 4.94. The highest BCUT2D eigenvalue weighted by Crippen LogP contribution is 2.24. The van der Waals surface area contributed by atoms with Crippen molar-refractivity contribution >= 4 is 16.5 Å². The molecule has 2 N–H and O–H groups in total. The lowest BCUT2D eigenvalue weighted by molar-refractivity contribution is 0.748. The number of nitrogens with zero attached hydrogens (tertiary/aromatic N) is 3. The molecule has 0 bridgehead atoms. The third-order valence-electron chi connectivity index (χ3n) is 2.39. The largest absolute Gasteiger partial charge is 0.375 e. The van der Waals surface area contributed by atoms with Crippen molar-refractivity contribution in [2.75, 3.05) is 5.73 Å². The Balaban J connectivity index is 2.19. The van der Waals surface area contributed by atoms with Crippen LogP contribution in [0.25, 0.3) is 0 Å². The first-order chi connectivity index (χ1) is 7.69. The molecule has 2 aromatic rings. The van der Waals surface area contributed by atoms with Gasteiger partial charge in [-0.05, 0) is 12.5 Å². The first-order valence-electron chi connectivity index (χ1n) is 5.41. The van der Waals surface area contributed by atoms with Crippen molar-refractivity contribution in [3.63, 3.8) is 0 Å². The Morgan fingerprint density at radius 3 is 2.94 bits per heavy atom. The van der Waals surface area contributed by atoms with Crippen LogP contribution in [0.15, 0.2) is 12.3 Å². The molecule has 0 aliphatic rings. The molecule has 0 radical (unpaired) electrons. The van der Waals surface area contributed by atoms with Crippen LogP contribution in [0.5, 0.6) is 0 Å². The van der Waals surface area contributed by atoms with E-state index in [9.17, 15) is 0 Å². The summed E-state index contributed by atoms with van der Waals surface area (Å²) in [5, 5.41) is 5.03. The zero-order chi connectivity index (χ0) is 11.5. The Kier molecular flexibility index (Phi) is 3.24. The molecule has 5 heteroatoms. The van der Waals surface area contributed by atoms with Crippen LogP contribution in [0.1, 0.15) is 29.6 Å². The van der Waals surface area contributed by atoms with E-state index in [1.165, 1.54) is 4.88 Å². The number of rotatable bonds is 4. The molecule has 0 amide bonds. The Bertz CT molecular complexity index is 472. The van der Waals surface area contributed by atoms with Gasteiger partial charge in [0.2, 0.25) is 0 Å². The zero-order valence-electron chi connectivity index (χ0n) is 9.60. The molecule has 0 spiro atoms. The van der Waals surface area contributed by atoms with Crippen LogP contribution in [0.3, 0.4) is 0 Å². The summed E-state index contributed by atoms with van der Waals surface area (Å²) in [4.78, 5) is 5.61. The highest BCUT2D eigenvalue weighted by atomic mass is 32.1. The summed E-state index contributed by atoms with van der Waals surface area (Å²) < 4.78 is 1.82. The van der Waals surface area contributed by atoms with Crippen molar-refractivity contribution in [3.8, 4) is 0 Å². The molecule has 2 rings (SSSR count). The van der Waals surface area contributed by atoms with Gasteiger partial charge in [0.05, 0.1) is 11.4 Å². The number of aromatic nitrogens is 3. The monoisotopic (exact) mass is 236 g/mol. The first-order valence-corrected chi connectivity index (χ1v) is 6.23. The maximum Gasteiger partial charge on any atom is 0.180 e. The van der Waals surface area contributed by atoms with E-state index in [-0.39, 0.29) is 0 Å². The van der Waals surface area contributed by atoms with E-state index in [4.69, 9.17) is 5.73 Å². The van der Waals surface area contributed by atoms with Crippen molar-refractivity contribution in [1.29, 1.82) is 0 Å². The van der Waals surface area contributed by atoms with Crippen LogP contribution in [0.4, 0.5) is 5.13 Å². The predicted molar refractivity (Wildman–Crippen MR) is 66.5 cm³/mol. The third kappa shape index (κ3) is 2.41. The smallest absolute Gasteiger partial charge is 0.180 e. The van der Waals surface area contributed by atoms with Crippen molar-refractivity contribution in [1.82, 2.24) is 14.8 Å². The van der Waals surface area contributed by atoms with Crippen LogP contribution >= 0.6 is 11.3 Å². The fourth-order valence-electron chi connectivity index (χ4n) is 1.70. The van der Waals surface area contributed by atoms with Gasteiger partial charge in [0.15, 0.2) is 5.13 Å². The minimum atomic E-state index is 0.661. The lowest BCUT2D eigenvalue weighted by Crippen LogP contribution is -1.95. The van der Waals surface area contributed by atoms with E-state index in [2.05, 4.69) is 17.0 Å². The highest BCUT2D eigenvalue weighted by molar-refractivity contribution is 7.15. The SMILES string of the molecule is CCCc1nc(N)sc1Cc1ccn(C)n1. The summed E-state index contributed by atoms with van der Waals surface area (Å²) in [6.07, 6.45) is 4.89. The number of anilines is 1. The third-order valence-corrected chi connectivity index (χ3v) is 3.32. The first kappa shape index (κ1) is 11.1. The number of aryl methyl sites for hydroxylation is 2. The van der Waals surface area contributed by atoms with Gasteiger partial charge in [-0.3, -0.25) is 4.68 Å². The molecule has 0 saturated carbocycles.